The van der Waals surface area contributed by atoms with Crippen molar-refractivity contribution in [2.75, 3.05) is 27.9 Å². The molecule has 0 aromatic carbocycles. The standard InChI is InChI=1S/C57H85N2O14S/c1-34-17-13-12-14-18-35(2)47(68-9)29-43-22-20-40(7)57(67,73-43)54(64)55(65)59-24-16-15-19-44(59)56(66)71-48(37(4)27-42-21-23-45(60)49(28-42)69-10)30-46(61)36(3)26-39(6)52(53(70-11)51(63)38(5)25-34)72-50(62)31-58-33-74-32-41(58)8/h12-14,17-18,26,32-34,36-38,40,42-45,47-49,52-53,60,67H,15-16,19-25,27-31H2,1-11H3/q+1/b14-12+,17-13+,35-18+,39-26+/t34-,36-,37-,38-,40-,42+,43+,44+,45-,47+,48+,49-,52-,53+,57-/m1/s1. The summed E-state index contributed by atoms with van der Waals surface area (Å²) in [6, 6.07) is -1.17. The Kier molecular flexibility index (Phi) is 23.1. The normalized spacial score (nSPS) is 36.9. The van der Waals surface area contributed by atoms with Crippen LogP contribution >= 0.6 is 11.3 Å². The van der Waals surface area contributed by atoms with Gasteiger partial charge in [-0.1, -0.05) is 82.4 Å². The van der Waals surface area contributed by atoms with Crippen LogP contribution in [0.25, 0.3) is 0 Å². The Morgan fingerprint density at radius 1 is 0.892 bits per heavy atom. The second-order valence-electron chi connectivity index (χ2n) is 21.7. The minimum absolute atomic E-state index is 0.0346. The van der Waals surface area contributed by atoms with Crippen molar-refractivity contribution in [1.82, 2.24) is 4.90 Å². The molecule has 3 aliphatic heterocycles. The molecule has 3 fully saturated rings. The molecule has 0 radical (unpaired) electrons. The number of rotatable bonds is 9. The molecule has 16 nitrogen and oxygen atoms in total. The van der Waals surface area contributed by atoms with Crippen molar-refractivity contribution in [3.05, 3.63) is 64.2 Å². The van der Waals surface area contributed by atoms with Crippen molar-refractivity contribution in [2.24, 2.45) is 35.5 Å². The zero-order valence-corrected chi connectivity index (χ0v) is 46.5. The molecule has 15 atom stereocenters. The first-order valence-electron chi connectivity index (χ1n) is 26.7. The molecule has 1 amide bonds. The van der Waals surface area contributed by atoms with E-state index in [1.807, 2.05) is 70.4 Å². The van der Waals surface area contributed by atoms with Gasteiger partial charge in [-0.05, 0) is 107 Å². The first kappa shape index (κ1) is 60.6. The molecule has 4 aliphatic rings. The number of ketones is 3. The SMILES string of the molecule is CO[C@H]1C[C@@H]2CC[C@@H](C)[C@@](O)(O2)C(=O)C(=O)N2CCCC[C@H]2C(=O)O[C@H]([C@H](C)C[C@@H]2CC[C@@H](O)[C@H](OC)C2)CC(=O)[C@H](C)/C=C(\C)[C@@H](OC(=O)C[n+]2cscc2C)[C@@H](OC)C(=O)[C@H](C)C[C@H](C)/C=C/C=C/C=C/1C. The maximum absolute atomic E-state index is 14.6. The zero-order valence-electron chi connectivity index (χ0n) is 45.7. The average molecular weight is 1050 g/mol. The summed E-state index contributed by atoms with van der Waals surface area (Å²) in [6.07, 6.45) is 10.9. The van der Waals surface area contributed by atoms with E-state index in [-0.39, 0.29) is 61.4 Å². The van der Waals surface area contributed by atoms with Gasteiger partial charge in [0, 0.05) is 65.4 Å². The fourth-order valence-corrected chi connectivity index (χ4v) is 11.9. The van der Waals surface area contributed by atoms with E-state index in [1.165, 1.54) is 23.3 Å². The number of piperidine rings is 1. The third kappa shape index (κ3) is 15.9. The van der Waals surface area contributed by atoms with Gasteiger partial charge in [-0.3, -0.25) is 19.2 Å². The number of nitrogens with zero attached hydrogens (tertiary/aromatic N) is 2. The number of aromatic nitrogens is 1. The van der Waals surface area contributed by atoms with Crippen LogP contribution in [0.5, 0.6) is 0 Å². The largest absolute Gasteiger partial charge is 0.460 e. The average Bonchev–Trinajstić information content (AvgIpc) is 3.78. The number of cyclic esters (lactones) is 1. The fraction of sp³-hybridized carbons (Fsp3) is 0.702. The predicted molar refractivity (Wildman–Crippen MR) is 278 cm³/mol. The van der Waals surface area contributed by atoms with E-state index in [0.29, 0.717) is 69.8 Å². The van der Waals surface area contributed by atoms with E-state index in [0.717, 1.165) is 11.3 Å². The van der Waals surface area contributed by atoms with Crippen molar-refractivity contribution in [1.29, 1.82) is 0 Å². The number of methoxy groups -OCH3 is 3. The highest BCUT2D eigenvalue weighted by Gasteiger charge is 2.53. The topological polar surface area (TPSA) is 205 Å². The molecule has 4 heterocycles. The van der Waals surface area contributed by atoms with Gasteiger partial charge in [0.1, 0.15) is 17.9 Å². The number of ether oxygens (including phenoxy) is 6. The number of amides is 1. The highest BCUT2D eigenvalue weighted by atomic mass is 32.1. The lowest BCUT2D eigenvalue weighted by atomic mass is 9.78. The molecule has 1 aromatic heterocycles. The first-order chi connectivity index (χ1) is 35.1. The summed E-state index contributed by atoms with van der Waals surface area (Å²) in [5.74, 6) is -8.94. The van der Waals surface area contributed by atoms with Crippen LogP contribution in [0, 0.1) is 42.4 Å². The summed E-state index contributed by atoms with van der Waals surface area (Å²) >= 11 is 1.44. The Labute approximate surface area is 442 Å². The van der Waals surface area contributed by atoms with Gasteiger partial charge >= 0.3 is 11.9 Å². The molecule has 74 heavy (non-hydrogen) atoms. The predicted octanol–water partition coefficient (Wildman–Crippen LogP) is 7.09. The Morgan fingerprint density at radius 2 is 1.64 bits per heavy atom. The third-order valence-electron chi connectivity index (χ3n) is 15.9. The lowest BCUT2D eigenvalue weighted by molar-refractivity contribution is -0.687. The number of hydrogen-bond donors (Lipinski definition) is 2. The number of aliphatic hydroxyl groups excluding tert-OH is 1. The van der Waals surface area contributed by atoms with E-state index >= 15 is 0 Å². The van der Waals surface area contributed by atoms with Crippen LogP contribution in [0.4, 0.5) is 0 Å². The summed E-state index contributed by atoms with van der Waals surface area (Å²) in [4.78, 5) is 87.1. The number of carbonyl (C=O) groups excluding carboxylic acids is 6. The molecule has 1 saturated carbocycles. The molecule has 2 saturated heterocycles. The van der Waals surface area contributed by atoms with E-state index in [9.17, 15) is 39.0 Å². The van der Waals surface area contributed by atoms with Crippen molar-refractivity contribution >= 4 is 46.5 Å². The second-order valence-corrected chi connectivity index (χ2v) is 22.4. The van der Waals surface area contributed by atoms with Gasteiger partial charge in [0.2, 0.25) is 17.8 Å². The summed E-state index contributed by atoms with van der Waals surface area (Å²) in [5, 5.41) is 24.5. The smallest absolute Gasteiger partial charge is 0.373 e. The number of aliphatic hydroxyl groups is 2. The molecule has 1 aromatic rings. The number of fused-ring (bicyclic) bond motifs is 3. The number of thiazole rings is 1. The summed E-state index contributed by atoms with van der Waals surface area (Å²) in [5.41, 5.74) is 3.96. The zero-order chi connectivity index (χ0) is 54.4. The van der Waals surface area contributed by atoms with Crippen molar-refractivity contribution in [3.63, 3.8) is 0 Å². The van der Waals surface area contributed by atoms with E-state index < -0.39 is 89.8 Å². The van der Waals surface area contributed by atoms with Gasteiger partial charge in [-0.15, -0.1) is 0 Å². The molecule has 1 aliphatic carbocycles. The first-order valence-corrected chi connectivity index (χ1v) is 27.7. The molecule has 5 rings (SSSR count). The fourth-order valence-electron chi connectivity index (χ4n) is 11.1. The minimum atomic E-state index is -2.45. The van der Waals surface area contributed by atoms with Crippen molar-refractivity contribution < 1.29 is 72.0 Å². The van der Waals surface area contributed by atoms with Gasteiger partial charge in [0.15, 0.2) is 23.7 Å². The van der Waals surface area contributed by atoms with Crippen LogP contribution < -0.4 is 4.57 Å². The quantitative estimate of drug-likeness (QED) is 0.110. The molecular weight excluding hydrogens is 969 g/mol. The van der Waals surface area contributed by atoms with Gasteiger partial charge < -0.3 is 43.5 Å². The number of allylic oxidation sites excluding steroid dienone is 6. The van der Waals surface area contributed by atoms with Crippen LogP contribution in [0.1, 0.15) is 131 Å². The van der Waals surface area contributed by atoms with Crippen molar-refractivity contribution in [2.45, 2.75) is 194 Å². The molecule has 2 bridgehead atoms. The van der Waals surface area contributed by atoms with E-state index in [2.05, 4.69) is 0 Å². The third-order valence-corrected chi connectivity index (χ3v) is 16.7. The number of Topliss-reactive ketones (excluding diaryl/α,β-unsaturated/α-hetero) is 3. The lowest BCUT2D eigenvalue weighted by Gasteiger charge is -2.42. The summed E-state index contributed by atoms with van der Waals surface area (Å²) < 4.78 is 37.8. The highest BCUT2D eigenvalue weighted by molar-refractivity contribution is 7.07. The minimum Gasteiger partial charge on any atom is -0.460 e. The Balaban J connectivity index is 1.53. The van der Waals surface area contributed by atoms with E-state index in [4.69, 9.17) is 28.4 Å². The van der Waals surface area contributed by atoms with Crippen LogP contribution in [-0.2, 0) is 63.7 Å². The maximum Gasteiger partial charge on any atom is 0.373 e. The lowest BCUT2D eigenvalue weighted by Crippen LogP contribution is -2.61. The molecular formula is C57H85N2O14S+. The molecule has 0 spiro atoms. The van der Waals surface area contributed by atoms with Gasteiger partial charge in [-0.25, -0.2) is 9.59 Å². The van der Waals surface area contributed by atoms with Crippen molar-refractivity contribution in [3.8, 4) is 0 Å². The van der Waals surface area contributed by atoms with E-state index in [1.54, 1.807) is 51.1 Å². The van der Waals surface area contributed by atoms with Crippen LogP contribution in [0.15, 0.2) is 58.5 Å². The van der Waals surface area contributed by atoms with Gasteiger partial charge in [-0.2, -0.15) is 4.57 Å². The molecule has 17 heteroatoms. The highest BCUT2D eigenvalue weighted by Crippen LogP contribution is 2.38. The van der Waals surface area contributed by atoms with Crippen LogP contribution in [0.3, 0.4) is 0 Å². The maximum atomic E-state index is 14.6. The van der Waals surface area contributed by atoms with Gasteiger partial charge in [0.05, 0.1) is 29.8 Å². The van der Waals surface area contributed by atoms with Crippen LogP contribution in [0.2, 0.25) is 0 Å². The van der Waals surface area contributed by atoms with Gasteiger partial charge in [0.25, 0.3) is 11.7 Å². The Morgan fingerprint density at radius 3 is 2.31 bits per heavy atom. The number of hydrogen-bond acceptors (Lipinski definition) is 15. The Hall–Kier alpha value is -4.23. The number of aryl methyl sites for hydroxylation is 1. The molecule has 2 N–H and O–H groups in total. The Bertz CT molecular complexity index is 2220. The molecule has 0 unspecified atom stereocenters. The summed E-state index contributed by atoms with van der Waals surface area (Å²) in [7, 11) is 4.54. The second kappa shape index (κ2) is 28.2. The number of carbonyl (C=O) groups is 6. The number of esters is 2. The molecule has 412 valence electrons. The van der Waals surface area contributed by atoms with Crippen LogP contribution in [-0.4, -0.2) is 133 Å². The monoisotopic (exact) mass is 1050 g/mol. The summed E-state index contributed by atoms with van der Waals surface area (Å²) in [6.45, 7) is 14.6.